The van der Waals surface area contributed by atoms with Crippen LogP contribution in [0.25, 0.3) is 0 Å². The standard InChI is InChI=1S/C20H16FNO3/c21-17-10-15(12-22-9-5-4-8-18(22)23)19-16(11-17)13-24-20(25-19)14-6-2-1-3-7-14/h1-11,20H,12-13H2. The molecule has 0 aliphatic carbocycles. The molecular weight excluding hydrogens is 321 g/mol. The highest BCUT2D eigenvalue weighted by molar-refractivity contribution is 5.43. The minimum atomic E-state index is -0.551. The van der Waals surface area contributed by atoms with Gasteiger partial charge in [-0.2, -0.15) is 0 Å². The van der Waals surface area contributed by atoms with E-state index in [1.807, 2.05) is 30.3 Å². The number of fused-ring (bicyclic) bond motifs is 1. The van der Waals surface area contributed by atoms with E-state index in [2.05, 4.69) is 0 Å². The van der Waals surface area contributed by atoms with Crippen LogP contribution in [0.5, 0.6) is 5.75 Å². The van der Waals surface area contributed by atoms with E-state index in [4.69, 9.17) is 9.47 Å². The maximum absolute atomic E-state index is 14.0. The van der Waals surface area contributed by atoms with Crippen molar-refractivity contribution >= 4 is 0 Å². The molecule has 0 saturated carbocycles. The number of nitrogens with zero attached hydrogens (tertiary/aromatic N) is 1. The van der Waals surface area contributed by atoms with Crippen molar-refractivity contribution in [1.82, 2.24) is 4.57 Å². The van der Waals surface area contributed by atoms with E-state index in [0.29, 0.717) is 16.9 Å². The predicted molar refractivity (Wildman–Crippen MR) is 90.8 cm³/mol. The van der Waals surface area contributed by atoms with Crippen molar-refractivity contribution in [3.8, 4) is 5.75 Å². The number of benzene rings is 2. The fourth-order valence-corrected chi connectivity index (χ4v) is 2.94. The molecule has 2 aromatic carbocycles. The first kappa shape index (κ1) is 15.6. The SMILES string of the molecule is O=c1ccccn1Cc1cc(F)cc2c1OC(c1ccccc1)OC2. The van der Waals surface area contributed by atoms with E-state index in [0.717, 1.165) is 5.56 Å². The second kappa shape index (κ2) is 6.53. The van der Waals surface area contributed by atoms with E-state index in [1.165, 1.54) is 22.8 Å². The zero-order valence-electron chi connectivity index (χ0n) is 13.4. The van der Waals surface area contributed by atoms with Crippen molar-refractivity contribution in [3.05, 3.63) is 99.7 Å². The van der Waals surface area contributed by atoms with Crippen LogP contribution in [0, 0.1) is 5.82 Å². The van der Waals surface area contributed by atoms with Gasteiger partial charge in [-0.25, -0.2) is 4.39 Å². The van der Waals surface area contributed by atoms with Gasteiger partial charge in [-0.1, -0.05) is 36.4 Å². The average Bonchev–Trinajstić information content (AvgIpc) is 2.64. The number of aromatic nitrogens is 1. The Morgan fingerprint density at radius 2 is 1.88 bits per heavy atom. The highest BCUT2D eigenvalue weighted by Gasteiger charge is 2.25. The van der Waals surface area contributed by atoms with Crippen LogP contribution in [0.2, 0.25) is 0 Å². The van der Waals surface area contributed by atoms with Crippen LogP contribution in [0.4, 0.5) is 4.39 Å². The maximum Gasteiger partial charge on any atom is 0.250 e. The highest BCUT2D eigenvalue weighted by atomic mass is 19.1. The number of pyridine rings is 1. The fraction of sp³-hybridized carbons (Fsp3) is 0.150. The minimum Gasteiger partial charge on any atom is -0.460 e. The molecule has 4 rings (SSSR count). The van der Waals surface area contributed by atoms with Crippen molar-refractivity contribution in [1.29, 1.82) is 0 Å². The Bertz CT molecular complexity index is 953. The first-order valence-corrected chi connectivity index (χ1v) is 8.01. The Morgan fingerprint density at radius 1 is 1.08 bits per heavy atom. The molecule has 0 fully saturated rings. The third-order valence-corrected chi connectivity index (χ3v) is 4.13. The number of halogens is 1. The number of hydrogen-bond donors (Lipinski definition) is 0. The van der Waals surface area contributed by atoms with Crippen LogP contribution in [0.3, 0.4) is 0 Å². The number of hydrogen-bond acceptors (Lipinski definition) is 3. The molecule has 25 heavy (non-hydrogen) atoms. The smallest absolute Gasteiger partial charge is 0.250 e. The second-order valence-electron chi connectivity index (χ2n) is 5.89. The van der Waals surface area contributed by atoms with Gasteiger partial charge in [0.05, 0.1) is 13.2 Å². The summed E-state index contributed by atoms with van der Waals surface area (Å²) in [5.74, 6) is 0.209. The molecule has 0 saturated heterocycles. The van der Waals surface area contributed by atoms with Gasteiger partial charge in [0, 0.05) is 29.0 Å². The molecule has 1 atom stereocenters. The van der Waals surface area contributed by atoms with Crippen LogP contribution in [-0.2, 0) is 17.9 Å². The van der Waals surface area contributed by atoms with Crippen LogP contribution >= 0.6 is 0 Å². The molecule has 2 heterocycles. The summed E-state index contributed by atoms with van der Waals surface area (Å²) in [5.41, 5.74) is 2.01. The quantitative estimate of drug-likeness (QED) is 0.732. The van der Waals surface area contributed by atoms with E-state index in [9.17, 15) is 9.18 Å². The summed E-state index contributed by atoms with van der Waals surface area (Å²) in [4.78, 5) is 12.0. The summed E-state index contributed by atoms with van der Waals surface area (Å²) in [6.07, 6.45) is 1.12. The van der Waals surface area contributed by atoms with Crippen molar-refractivity contribution in [2.75, 3.05) is 0 Å². The Kier molecular flexibility index (Phi) is 4.07. The molecule has 1 aromatic heterocycles. The van der Waals surface area contributed by atoms with Gasteiger partial charge >= 0.3 is 0 Å². The molecule has 1 unspecified atom stereocenters. The van der Waals surface area contributed by atoms with E-state index >= 15 is 0 Å². The molecule has 126 valence electrons. The topological polar surface area (TPSA) is 40.5 Å². The van der Waals surface area contributed by atoms with E-state index < -0.39 is 6.29 Å². The summed E-state index contributed by atoms with van der Waals surface area (Å²) in [6, 6.07) is 17.3. The lowest BCUT2D eigenvalue weighted by Crippen LogP contribution is -2.22. The van der Waals surface area contributed by atoms with Gasteiger partial charge in [0.15, 0.2) is 0 Å². The summed E-state index contributed by atoms with van der Waals surface area (Å²) in [7, 11) is 0. The lowest BCUT2D eigenvalue weighted by Gasteiger charge is -2.28. The first-order chi connectivity index (χ1) is 12.2. The first-order valence-electron chi connectivity index (χ1n) is 8.01. The molecule has 1 aliphatic heterocycles. The Labute approximate surface area is 144 Å². The Morgan fingerprint density at radius 3 is 2.68 bits per heavy atom. The molecule has 4 nitrogen and oxygen atoms in total. The van der Waals surface area contributed by atoms with Crippen LogP contribution in [0.15, 0.2) is 71.7 Å². The molecule has 0 spiro atoms. The van der Waals surface area contributed by atoms with Crippen LogP contribution in [-0.4, -0.2) is 4.57 Å². The van der Waals surface area contributed by atoms with Crippen LogP contribution in [0.1, 0.15) is 23.0 Å². The third kappa shape index (κ3) is 3.19. The lowest BCUT2D eigenvalue weighted by atomic mass is 10.1. The van der Waals surface area contributed by atoms with Gasteiger partial charge in [0.1, 0.15) is 11.6 Å². The zero-order valence-corrected chi connectivity index (χ0v) is 13.4. The zero-order chi connectivity index (χ0) is 17.2. The molecular formula is C20H16FNO3. The lowest BCUT2D eigenvalue weighted by molar-refractivity contribution is -0.112. The van der Waals surface area contributed by atoms with E-state index in [1.54, 1.807) is 18.3 Å². The van der Waals surface area contributed by atoms with Crippen LogP contribution < -0.4 is 10.3 Å². The van der Waals surface area contributed by atoms with Gasteiger partial charge < -0.3 is 14.0 Å². The molecule has 0 N–H and O–H groups in total. The molecule has 3 aromatic rings. The van der Waals surface area contributed by atoms with Crippen molar-refractivity contribution in [2.24, 2.45) is 0 Å². The second-order valence-corrected chi connectivity index (χ2v) is 5.89. The van der Waals surface area contributed by atoms with Crippen molar-refractivity contribution < 1.29 is 13.9 Å². The Hall–Kier alpha value is -2.92. The number of ether oxygens (including phenoxy) is 2. The average molecular weight is 337 g/mol. The molecule has 1 aliphatic rings. The molecule has 0 radical (unpaired) electrons. The predicted octanol–water partition coefficient (Wildman–Crippen LogP) is 3.64. The Balaban J connectivity index is 1.71. The normalized spacial score (nSPS) is 16.1. The van der Waals surface area contributed by atoms with E-state index in [-0.39, 0.29) is 24.5 Å². The number of rotatable bonds is 3. The molecule has 5 heteroatoms. The molecule has 0 bridgehead atoms. The maximum atomic E-state index is 14.0. The monoisotopic (exact) mass is 337 g/mol. The summed E-state index contributed by atoms with van der Waals surface area (Å²) in [6.45, 7) is 0.491. The van der Waals surface area contributed by atoms with Crippen molar-refractivity contribution in [3.63, 3.8) is 0 Å². The van der Waals surface area contributed by atoms with Gasteiger partial charge in [0.25, 0.3) is 5.56 Å². The van der Waals surface area contributed by atoms with Gasteiger partial charge in [-0.3, -0.25) is 4.79 Å². The summed E-state index contributed by atoms with van der Waals surface area (Å²) < 4.78 is 27.2. The summed E-state index contributed by atoms with van der Waals surface area (Å²) >= 11 is 0. The summed E-state index contributed by atoms with van der Waals surface area (Å²) in [5, 5.41) is 0. The third-order valence-electron chi connectivity index (χ3n) is 4.13. The highest BCUT2D eigenvalue weighted by Crippen LogP contribution is 2.36. The minimum absolute atomic E-state index is 0.146. The fourth-order valence-electron chi connectivity index (χ4n) is 2.94. The molecule has 0 amide bonds. The van der Waals surface area contributed by atoms with Gasteiger partial charge in [-0.05, 0) is 18.2 Å². The largest absolute Gasteiger partial charge is 0.460 e. The van der Waals surface area contributed by atoms with Gasteiger partial charge in [-0.15, -0.1) is 0 Å². The van der Waals surface area contributed by atoms with Crippen molar-refractivity contribution in [2.45, 2.75) is 19.4 Å². The van der Waals surface area contributed by atoms with Gasteiger partial charge in [0.2, 0.25) is 6.29 Å².